The van der Waals surface area contributed by atoms with E-state index in [9.17, 15) is 19.2 Å². The molecule has 0 saturated heterocycles. The maximum Gasteiger partial charge on any atom is 0.253 e. The Morgan fingerprint density at radius 1 is 1.16 bits per heavy atom. The molecule has 0 aromatic heterocycles. The topological polar surface area (TPSA) is 127 Å². The Bertz CT molecular complexity index is 414. The van der Waals surface area contributed by atoms with Crippen molar-refractivity contribution in [2.45, 2.75) is 12.8 Å². The molecule has 1 heterocycles. The molecular weight excluding hydrogens is 252 g/mol. The molecule has 4 amide bonds. The first kappa shape index (κ1) is 14.8. The highest BCUT2D eigenvalue weighted by atomic mass is 16.2. The van der Waals surface area contributed by atoms with Gasteiger partial charge >= 0.3 is 0 Å². The number of amides is 4. The monoisotopic (exact) mass is 268 g/mol. The number of hydrogen-bond acceptors (Lipinski definition) is 5. The molecule has 0 unspecified atom stereocenters. The molecule has 19 heavy (non-hydrogen) atoms. The van der Waals surface area contributed by atoms with Crippen LogP contribution in [-0.4, -0.2) is 53.2 Å². The summed E-state index contributed by atoms with van der Waals surface area (Å²) < 4.78 is 0. The second-order valence-electron chi connectivity index (χ2n) is 3.97. The number of nitrogens with two attached hydrogens (primary N) is 2. The summed E-state index contributed by atoms with van der Waals surface area (Å²) in [5, 5.41) is 0. The third-order valence-electron chi connectivity index (χ3n) is 2.65. The van der Waals surface area contributed by atoms with Crippen molar-refractivity contribution in [2.24, 2.45) is 11.5 Å². The fourth-order valence-corrected chi connectivity index (χ4v) is 1.58. The van der Waals surface area contributed by atoms with E-state index in [2.05, 4.69) is 0 Å². The maximum absolute atomic E-state index is 11.8. The Morgan fingerprint density at radius 2 is 1.74 bits per heavy atom. The highest BCUT2D eigenvalue weighted by Gasteiger charge is 2.24. The van der Waals surface area contributed by atoms with Crippen LogP contribution < -0.4 is 11.5 Å². The number of primary amides is 1. The molecule has 0 fully saturated rings. The Kier molecular flexibility index (Phi) is 5.19. The van der Waals surface area contributed by atoms with Gasteiger partial charge in [-0.25, -0.2) is 0 Å². The van der Waals surface area contributed by atoms with Crippen LogP contribution in [-0.2, 0) is 19.2 Å². The van der Waals surface area contributed by atoms with Gasteiger partial charge in [0.05, 0.1) is 6.67 Å². The van der Waals surface area contributed by atoms with Gasteiger partial charge in [-0.2, -0.15) is 0 Å². The predicted octanol–water partition coefficient (Wildman–Crippen LogP) is -2.08. The quantitative estimate of drug-likeness (QED) is 0.405. The molecule has 0 radical (unpaired) electrons. The first-order valence-electron chi connectivity index (χ1n) is 5.75. The van der Waals surface area contributed by atoms with Gasteiger partial charge in [0.2, 0.25) is 11.8 Å². The zero-order valence-electron chi connectivity index (χ0n) is 10.4. The molecule has 0 aliphatic carbocycles. The Hall–Kier alpha value is -2.22. The van der Waals surface area contributed by atoms with E-state index in [1.165, 1.54) is 4.90 Å². The van der Waals surface area contributed by atoms with Crippen LogP contribution in [0.25, 0.3) is 0 Å². The molecule has 0 aromatic rings. The summed E-state index contributed by atoms with van der Waals surface area (Å²) in [7, 11) is 0. The molecule has 104 valence electrons. The van der Waals surface area contributed by atoms with E-state index in [4.69, 9.17) is 11.5 Å². The maximum atomic E-state index is 11.8. The number of carbonyl (C=O) groups excluding carboxylic acids is 4. The van der Waals surface area contributed by atoms with Crippen LogP contribution in [0.15, 0.2) is 12.2 Å². The first-order valence-corrected chi connectivity index (χ1v) is 5.75. The van der Waals surface area contributed by atoms with Crippen molar-refractivity contribution in [1.82, 2.24) is 9.80 Å². The normalized spacial score (nSPS) is 14.1. The fraction of sp³-hybridized carbons (Fsp3) is 0.455. The molecule has 0 atom stereocenters. The van der Waals surface area contributed by atoms with Gasteiger partial charge in [0.25, 0.3) is 11.8 Å². The van der Waals surface area contributed by atoms with E-state index in [-0.39, 0.29) is 38.5 Å². The molecule has 1 aliphatic heterocycles. The van der Waals surface area contributed by atoms with Crippen LogP contribution >= 0.6 is 0 Å². The average molecular weight is 268 g/mol. The van der Waals surface area contributed by atoms with Gasteiger partial charge in [0.15, 0.2) is 0 Å². The summed E-state index contributed by atoms with van der Waals surface area (Å²) in [5.74, 6) is -1.74. The summed E-state index contributed by atoms with van der Waals surface area (Å²) in [5.41, 5.74) is 10.4. The Morgan fingerprint density at radius 3 is 2.21 bits per heavy atom. The lowest BCUT2D eigenvalue weighted by Gasteiger charge is -2.21. The molecule has 0 spiro atoms. The van der Waals surface area contributed by atoms with Crippen molar-refractivity contribution in [3.63, 3.8) is 0 Å². The fourth-order valence-electron chi connectivity index (χ4n) is 1.58. The Balaban J connectivity index is 2.42. The largest absolute Gasteiger partial charge is 0.370 e. The summed E-state index contributed by atoms with van der Waals surface area (Å²) >= 11 is 0. The second kappa shape index (κ2) is 6.64. The molecule has 8 nitrogen and oxygen atoms in total. The molecular formula is C11H16N4O4. The molecule has 0 aromatic carbocycles. The lowest BCUT2D eigenvalue weighted by Crippen LogP contribution is -2.40. The number of hydrogen-bond donors (Lipinski definition) is 2. The van der Waals surface area contributed by atoms with Crippen molar-refractivity contribution in [2.75, 3.05) is 19.8 Å². The summed E-state index contributed by atoms with van der Waals surface area (Å²) in [6.45, 7) is 0.0770. The number of nitrogens with zero attached hydrogens (tertiary/aromatic N) is 2. The SMILES string of the molecule is NCN(CCC(N)=O)C(=O)CCN1C(=O)C=CC1=O. The van der Waals surface area contributed by atoms with Crippen LogP contribution in [0, 0.1) is 0 Å². The second-order valence-corrected chi connectivity index (χ2v) is 3.97. The van der Waals surface area contributed by atoms with Crippen molar-refractivity contribution in [3.05, 3.63) is 12.2 Å². The smallest absolute Gasteiger partial charge is 0.253 e. The minimum absolute atomic E-state index is 0.00340. The van der Waals surface area contributed by atoms with Crippen molar-refractivity contribution in [1.29, 1.82) is 0 Å². The number of rotatable bonds is 7. The van der Waals surface area contributed by atoms with E-state index in [0.717, 1.165) is 17.1 Å². The van der Waals surface area contributed by atoms with E-state index in [1.807, 2.05) is 0 Å². The molecule has 8 heteroatoms. The van der Waals surface area contributed by atoms with Crippen molar-refractivity contribution >= 4 is 23.6 Å². The molecule has 0 bridgehead atoms. The van der Waals surface area contributed by atoms with Gasteiger partial charge in [-0.1, -0.05) is 0 Å². The summed E-state index contributed by atoms with van der Waals surface area (Å²) in [6.07, 6.45) is 2.29. The first-order chi connectivity index (χ1) is 8.95. The third kappa shape index (κ3) is 4.18. The molecule has 1 aliphatic rings. The molecule has 4 N–H and O–H groups in total. The van der Waals surface area contributed by atoms with Crippen LogP contribution in [0.4, 0.5) is 0 Å². The van der Waals surface area contributed by atoms with Crippen molar-refractivity contribution in [3.8, 4) is 0 Å². The highest BCUT2D eigenvalue weighted by molar-refractivity contribution is 6.13. The predicted molar refractivity (Wildman–Crippen MR) is 65.1 cm³/mol. The van der Waals surface area contributed by atoms with Gasteiger partial charge in [0.1, 0.15) is 0 Å². The Labute approximate surface area is 110 Å². The van der Waals surface area contributed by atoms with Crippen LogP contribution in [0.1, 0.15) is 12.8 Å². The average Bonchev–Trinajstić information content (AvgIpc) is 2.67. The lowest BCUT2D eigenvalue weighted by atomic mass is 10.3. The summed E-state index contributed by atoms with van der Waals surface area (Å²) in [6, 6.07) is 0. The third-order valence-corrected chi connectivity index (χ3v) is 2.65. The van der Waals surface area contributed by atoms with E-state index >= 15 is 0 Å². The zero-order chi connectivity index (χ0) is 14.4. The highest BCUT2D eigenvalue weighted by Crippen LogP contribution is 2.05. The minimum atomic E-state index is -0.527. The number of carbonyl (C=O) groups is 4. The summed E-state index contributed by atoms with van der Waals surface area (Å²) in [4.78, 5) is 47.2. The van der Waals surface area contributed by atoms with Gasteiger partial charge in [-0.05, 0) is 0 Å². The lowest BCUT2D eigenvalue weighted by molar-refractivity contribution is -0.138. The van der Waals surface area contributed by atoms with E-state index < -0.39 is 17.7 Å². The molecule has 0 saturated carbocycles. The minimum Gasteiger partial charge on any atom is -0.370 e. The van der Waals surface area contributed by atoms with Gasteiger partial charge in [-0.3, -0.25) is 24.1 Å². The van der Waals surface area contributed by atoms with Crippen molar-refractivity contribution < 1.29 is 19.2 Å². The zero-order valence-corrected chi connectivity index (χ0v) is 10.4. The number of imide groups is 1. The standard InChI is InChI=1S/C11H16N4O4/c12-7-14(5-3-8(13)16)9(17)4-6-15-10(18)1-2-11(15)19/h1-2H,3-7,12H2,(H2,13,16). The van der Waals surface area contributed by atoms with Gasteiger partial charge in [-0.15, -0.1) is 0 Å². The molecule has 1 rings (SSSR count). The van der Waals surface area contributed by atoms with E-state index in [0.29, 0.717) is 0 Å². The van der Waals surface area contributed by atoms with Gasteiger partial charge < -0.3 is 16.4 Å². The van der Waals surface area contributed by atoms with Crippen LogP contribution in [0.5, 0.6) is 0 Å². The van der Waals surface area contributed by atoms with Crippen LogP contribution in [0.3, 0.4) is 0 Å². The van der Waals surface area contributed by atoms with E-state index in [1.54, 1.807) is 0 Å². The van der Waals surface area contributed by atoms with Crippen LogP contribution in [0.2, 0.25) is 0 Å². The van der Waals surface area contributed by atoms with Gasteiger partial charge in [0, 0.05) is 38.1 Å².